The van der Waals surface area contributed by atoms with Crippen LogP contribution < -0.4 is 0 Å². The van der Waals surface area contributed by atoms with Gasteiger partial charge < -0.3 is 25.3 Å². The first-order valence-electron chi connectivity index (χ1n) is 2.85. The summed E-state index contributed by atoms with van der Waals surface area (Å²) >= 11 is 6.89. The molecule has 0 fully saturated rings. The predicted octanol–water partition coefficient (Wildman–Crippen LogP) is -2.54. The van der Waals surface area contributed by atoms with Crippen molar-refractivity contribution in [2.24, 2.45) is 0 Å². The van der Waals surface area contributed by atoms with Gasteiger partial charge in [0, 0.05) is 0 Å². The van der Waals surface area contributed by atoms with Gasteiger partial charge in [0.15, 0.2) is 0 Å². The topological polar surface area (TPSA) is 135 Å². The van der Waals surface area contributed by atoms with Crippen LogP contribution in [0.2, 0.25) is 0 Å². The Morgan fingerprint density at radius 2 is 1.23 bits per heavy atom. The number of aliphatic carboxylic acids is 2. The Hall–Kier alpha value is -0.228. The van der Waals surface area contributed by atoms with Crippen LogP contribution in [0.5, 0.6) is 0 Å². The third-order valence-corrected chi connectivity index (χ3v) is 0.183. The monoisotopic (exact) mass is 208 g/mol. The Balaban J connectivity index is -0.000000125. The van der Waals surface area contributed by atoms with Crippen LogP contribution >= 0.6 is 11.6 Å². The summed E-state index contributed by atoms with van der Waals surface area (Å²) in [5.74, 6) is -3.65. The fourth-order valence-electron chi connectivity index (χ4n) is 0. The van der Waals surface area contributed by atoms with E-state index < -0.39 is 19.3 Å². The third-order valence-electron chi connectivity index (χ3n) is 0.183. The molecular formula is C3H7BClLiO7. The summed E-state index contributed by atoms with van der Waals surface area (Å²) in [5.41, 5.74) is 0. The molecule has 0 aliphatic rings. The number of alkyl halides is 1. The van der Waals surface area contributed by atoms with E-state index in [0.29, 0.717) is 0 Å². The van der Waals surface area contributed by atoms with Crippen LogP contribution in [0.15, 0.2) is 0 Å². The van der Waals surface area contributed by atoms with Crippen molar-refractivity contribution in [3.8, 4) is 0 Å². The molecule has 0 aromatic carbocycles. The Kier molecular flexibility index (Phi) is 20.4. The van der Waals surface area contributed by atoms with E-state index in [-0.39, 0.29) is 0 Å². The van der Waals surface area contributed by atoms with Gasteiger partial charge in [-0.3, -0.25) is 0 Å². The quantitative estimate of drug-likeness (QED) is 0.168. The van der Waals surface area contributed by atoms with E-state index in [1.54, 1.807) is 0 Å². The molecule has 0 aliphatic heterocycles. The molecule has 10 heteroatoms. The average Bonchev–Trinajstić information content (AvgIpc) is 1.87. The van der Waals surface area contributed by atoms with Gasteiger partial charge in [-0.25, -0.2) is 9.59 Å². The number of hydrogen-bond donors (Lipinski definition) is 5. The van der Waals surface area contributed by atoms with E-state index in [9.17, 15) is 0 Å². The number of carbonyl (C=O) groups is 2. The summed E-state index contributed by atoms with van der Waals surface area (Å²) in [6, 6.07) is 0. The molecule has 0 radical (unpaired) electrons. The van der Waals surface area contributed by atoms with E-state index in [0.717, 1.165) is 4.55 Å². The van der Waals surface area contributed by atoms with Gasteiger partial charge in [0.1, 0.15) is 0 Å². The maximum atomic E-state index is 9.10. The zero-order valence-corrected chi connectivity index (χ0v) is 7.47. The summed E-state index contributed by atoms with van der Waals surface area (Å²) < 4.78 is 0.722. The zero-order valence-electron chi connectivity index (χ0n) is 6.71. The molecule has 7 nitrogen and oxygen atoms in total. The van der Waals surface area contributed by atoms with Gasteiger partial charge in [-0.2, -0.15) is 0 Å². The SMILES string of the molecule is O=C(O)C(=O)O.OB(O)O.[Li][CH2]Cl. The summed E-state index contributed by atoms with van der Waals surface area (Å²) in [6.07, 6.45) is 0. The van der Waals surface area contributed by atoms with Gasteiger partial charge in [-0.15, -0.1) is 0 Å². The molecule has 0 heterocycles. The van der Waals surface area contributed by atoms with Crippen molar-refractivity contribution in [1.29, 1.82) is 0 Å². The summed E-state index contributed by atoms with van der Waals surface area (Å²) in [4.78, 5) is 18.2. The van der Waals surface area contributed by atoms with E-state index in [1.165, 1.54) is 0 Å². The van der Waals surface area contributed by atoms with Crippen molar-refractivity contribution in [2.75, 3.05) is 4.55 Å². The van der Waals surface area contributed by atoms with E-state index in [1.807, 2.05) is 17.7 Å². The van der Waals surface area contributed by atoms with Crippen LogP contribution in [0, 0.1) is 0 Å². The molecule has 0 rings (SSSR count). The number of carboxylic acids is 2. The summed E-state index contributed by atoms with van der Waals surface area (Å²) in [5, 5.41) is 36.3. The van der Waals surface area contributed by atoms with Gasteiger partial charge in [0.05, 0.1) is 0 Å². The Morgan fingerprint density at radius 1 is 1.15 bits per heavy atom. The normalized spacial score (nSPS) is 6.92. The molecule has 0 saturated carbocycles. The van der Waals surface area contributed by atoms with Crippen molar-refractivity contribution < 1.29 is 34.9 Å². The second-order valence-electron chi connectivity index (χ2n) is 1.22. The summed E-state index contributed by atoms with van der Waals surface area (Å²) in [7, 11) is -2.17. The molecule has 5 N–H and O–H groups in total. The Morgan fingerprint density at radius 3 is 1.23 bits per heavy atom. The molecule has 0 bridgehead atoms. The zero-order chi connectivity index (χ0) is 11.4. The number of carboxylic acid groups (broad SMARTS) is 2. The first-order chi connectivity index (χ1) is 5.79. The first-order valence-corrected chi connectivity index (χ1v) is 3.39. The van der Waals surface area contributed by atoms with Crippen LogP contribution in [-0.4, -0.2) is 66.8 Å². The van der Waals surface area contributed by atoms with Crippen LogP contribution in [-0.2, 0) is 9.59 Å². The molecule has 0 aromatic heterocycles. The molecule has 13 heavy (non-hydrogen) atoms. The molecule has 72 valence electrons. The third kappa shape index (κ3) is 79.0. The van der Waals surface area contributed by atoms with Gasteiger partial charge in [0.25, 0.3) is 0 Å². The van der Waals surface area contributed by atoms with Crippen molar-refractivity contribution in [2.45, 2.75) is 0 Å². The molecule has 0 saturated heterocycles. The van der Waals surface area contributed by atoms with Gasteiger partial charge in [-0.05, 0) is 0 Å². The van der Waals surface area contributed by atoms with Crippen molar-refractivity contribution in [3.05, 3.63) is 0 Å². The number of hydrogen-bond acceptors (Lipinski definition) is 5. The van der Waals surface area contributed by atoms with Crippen LogP contribution in [0.1, 0.15) is 0 Å². The van der Waals surface area contributed by atoms with E-state index >= 15 is 0 Å². The van der Waals surface area contributed by atoms with Crippen LogP contribution in [0.3, 0.4) is 0 Å². The fourth-order valence-corrected chi connectivity index (χ4v) is 0. The molecule has 0 amide bonds. The van der Waals surface area contributed by atoms with Gasteiger partial charge in [-0.1, -0.05) is 0 Å². The maximum absolute atomic E-state index is 9.10. The molecule has 0 atom stereocenters. The average molecular weight is 208 g/mol. The molecule has 0 spiro atoms. The van der Waals surface area contributed by atoms with Crippen molar-refractivity contribution in [3.63, 3.8) is 0 Å². The molecule has 0 unspecified atom stereocenters. The Labute approximate surface area is 88.3 Å². The number of rotatable bonds is 0. The minimum atomic E-state index is -2.17. The van der Waals surface area contributed by atoms with E-state index in [4.69, 9.17) is 46.5 Å². The van der Waals surface area contributed by atoms with Crippen LogP contribution in [0.4, 0.5) is 0 Å². The van der Waals surface area contributed by atoms with Crippen LogP contribution in [0.25, 0.3) is 0 Å². The second-order valence-corrected chi connectivity index (χ2v) is 1.76. The van der Waals surface area contributed by atoms with E-state index in [2.05, 4.69) is 0 Å². The second kappa shape index (κ2) is 14.3. The summed E-state index contributed by atoms with van der Waals surface area (Å²) in [6.45, 7) is 0. The van der Waals surface area contributed by atoms with Gasteiger partial charge in [0.2, 0.25) is 0 Å². The number of halogens is 1. The van der Waals surface area contributed by atoms with Crippen molar-refractivity contribution >= 4 is 48.6 Å². The van der Waals surface area contributed by atoms with Crippen molar-refractivity contribution in [1.82, 2.24) is 0 Å². The first kappa shape index (κ1) is 18.5. The van der Waals surface area contributed by atoms with Gasteiger partial charge >= 0.3 is 53.1 Å². The molecule has 0 aromatic rings. The molecule has 0 aliphatic carbocycles. The molecular weight excluding hydrogens is 201 g/mol. The minimum absolute atomic E-state index is 0.722. The standard InChI is InChI=1S/C2H2O4.CH2Cl.BH3O3.Li/c3-1(4)2(5)6;1-2;2-1(3)4;/h(H,3,4)(H,5,6);1H2;2-4H;. The predicted molar refractivity (Wildman–Crippen MR) is 44.2 cm³/mol. The fraction of sp³-hybridized carbons (Fsp3) is 0.333. The Bertz CT molecular complexity index is 127.